The molecule has 1 heterocycles. The van der Waals surface area contributed by atoms with Gasteiger partial charge in [-0.1, -0.05) is 0 Å². The molecule has 1 aromatic rings. The standard InChI is InChI=1S/C8H12ClNO/c1-5-7(3-4-10)6(2)11-8(5)9/h3-4,10H2,1-2H3. The quantitative estimate of drug-likeness (QED) is 0.744. The highest BCUT2D eigenvalue weighted by Gasteiger charge is 2.10. The van der Waals surface area contributed by atoms with Crippen LogP contribution in [0.2, 0.25) is 5.22 Å². The first kappa shape index (κ1) is 8.62. The van der Waals surface area contributed by atoms with Gasteiger partial charge in [0, 0.05) is 5.56 Å². The maximum Gasteiger partial charge on any atom is 0.196 e. The fraction of sp³-hybridized carbons (Fsp3) is 0.500. The summed E-state index contributed by atoms with van der Waals surface area (Å²) >= 11 is 5.76. The van der Waals surface area contributed by atoms with E-state index in [1.54, 1.807) is 0 Å². The Morgan fingerprint density at radius 2 is 2.09 bits per heavy atom. The number of rotatable bonds is 2. The van der Waals surface area contributed by atoms with E-state index in [1.807, 2.05) is 13.8 Å². The van der Waals surface area contributed by atoms with Gasteiger partial charge in [0.25, 0.3) is 0 Å². The van der Waals surface area contributed by atoms with E-state index in [9.17, 15) is 0 Å². The topological polar surface area (TPSA) is 39.2 Å². The Morgan fingerprint density at radius 1 is 1.45 bits per heavy atom. The Bertz CT molecular complexity index is 255. The monoisotopic (exact) mass is 173 g/mol. The van der Waals surface area contributed by atoms with Crippen LogP contribution in [0, 0.1) is 13.8 Å². The van der Waals surface area contributed by atoms with Crippen molar-refractivity contribution in [1.82, 2.24) is 0 Å². The molecule has 0 unspecified atom stereocenters. The van der Waals surface area contributed by atoms with E-state index in [1.165, 1.54) is 0 Å². The lowest BCUT2D eigenvalue weighted by molar-refractivity contribution is 0.530. The summed E-state index contributed by atoms with van der Waals surface area (Å²) in [5.74, 6) is 0.887. The van der Waals surface area contributed by atoms with Crippen LogP contribution in [-0.2, 0) is 6.42 Å². The summed E-state index contributed by atoms with van der Waals surface area (Å²) in [4.78, 5) is 0. The lowest BCUT2D eigenvalue weighted by atomic mass is 10.1. The van der Waals surface area contributed by atoms with Crippen molar-refractivity contribution in [2.45, 2.75) is 20.3 Å². The Kier molecular flexibility index (Phi) is 2.58. The second kappa shape index (κ2) is 3.28. The molecular weight excluding hydrogens is 162 g/mol. The summed E-state index contributed by atoms with van der Waals surface area (Å²) < 4.78 is 5.21. The van der Waals surface area contributed by atoms with Crippen LogP contribution in [0.3, 0.4) is 0 Å². The number of hydrogen-bond acceptors (Lipinski definition) is 2. The van der Waals surface area contributed by atoms with E-state index in [0.717, 1.165) is 23.3 Å². The van der Waals surface area contributed by atoms with Crippen molar-refractivity contribution in [2.24, 2.45) is 5.73 Å². The van der Waals surface area contributed by atoms with Crippen molar-refractivity contribution in [1.29, 1.82) is 0 Å². The highest BCUT2D eigenvalue weighted by molar-refractivity contribution is 6.29. The SMILES string of the molecule is Cc1oc(Cl)c(C)c1CCN. The molecule has 0 saturated carbocycles. The molecule has 1 rings (SSSR count). The van der Waals surface area contributed by atoms with Crippen LogP contribution in [0.1, 0.15) is 16.9 Å². The zero-order valence-electron chi connectivity index (χ0n) is 6.78. The van der Waals surface area contributed by atoms with Gasteiger partial charge < -0.3 is 10.2 Å². The molecule has 0 radical (unpaired) electrons. The molecule has 1 aromatic heterocycles. The number of hydrogen-bond donors (Lipinski definition) is 1. The molecule has 2 N–H and O–H groups in total. The Hall–Kier alpha value is -0.470. The minimum Gasteiger partial charge on any atom is -0.449 e. The largest absolute Gasteiger partial charge is 0.449 e. The third-order valence-electron chi connectivity index (χ3n) is 1.81. The molecule has 0 aliphatic rings. The van der Waals surface area contributed by atoms with E-state index in [4.69, 9.17) is 21.8 Å². The first-order valence-electron chi connectivity index (χ1n) is 3.61. The second-order valence-corrected chi connectivity index (χ2v) is 2.92. The van der Waals surface area contributed by atoms with Crippen LogP contribution in [0.4, 0.5) is 0 Å². The van der Waals surface area contributed by atoms with Crippen molar-refractivity contribution in [2.75, 3.05) is 6.54 Å². The fourth-order valence-electron chi connectivity index (χ4n) is 1.16. The van der Waals surface area contributed by atoms with Gasteiger partial charge in [-0.3, -0.25) is 0 Å². The van der Waals surface area contributed by atoms with E-state index in [0.29, 0.717) is 11.8 Å². The van der Waals surface area contributed by atoms with Crippen LogP contribution in [0.25, 0.3) is 0 Å². The predicted octanol–water partition coefficient (Wildman–Crippen LogP) is 2.05. The molecule has 3 heteroatoms. The molecule has 11 heavy (non-hydrogen) atoms. The summed E-state index contributed by atoms with van der Waals surface area (Å²) in [7, 11) is 0. The average molecular weight is 174 g/mol. The Labute approximate surface area is 71.3 Å². The summed E-state index contributed by atoms with van der Waals surface area (Å²) in [6.07, 6.45) is 0.841. The van der Waals surface area contributed by atoms with Gasteiger partial charge in [-0.2, -0.15) is 0 Å². The number of nitrogens with two attached hydrogens (primary N) is 1. The van der Waals surface area contributed by atoms with Gasteiger partial charge in [-0.25, -0.2) is 0 Å². The molecule has 0 fully saturated rings. The smallest absolute Gasteiger partial charge is 0.196 e. The number of furan rings is 1. The molecule has 2 nitrogen and oxygen atoms in total. The second-order valence-electron chi connectivity index (χ2n) is 2.57. The Morgan fingerprint density at radius 3 is 2.45 bits per heavy atom. The molecule has 0 saturated heterocycles. The van der Waals surface area contributed by atoms with Gasteiger partial charge in [0.05, 0.1) is 0 Å². The maximum atomic E-state index is 5.76. The minimum atomic E-state index is 0.492. The summed E-state index contributed by atoms with van der Waals surface area (Å²) in [5, 5.41) is 0.492. The van der Waals surface area contributed by atoms with Gasteiger partial charge in [0.15, 0.2) is 5.22 Å². The minimum absolute atomic E-state index is 0.492. The van der Waals surface area contributed by atoms with E-state index in [-0.39, 0.29) is 0 Å². The van der Waals surface area contributed by atoms with Crippen molar-refractivity contribution >= 4 is 11.6 Å². The molecule has 0 spiro atoms. The molecular formula is C8H12ClNO. The summed E-state index contributed by atoms with van der Waals surface area (Å²) in [5.41, 5.74) is 7.60. The maximum absolute atomic E-state index is 5.76. The molecule has 0 atom stereocenters. The van der Waals surface area contributed by atoms with Gasteiger partial charge in [-0.15, -0.1) is 0 Å². The average Bonchev–Trinajstić information content (AvgIpc) is 2.17. The molecule has 0 aromatic carbocycles. The van der Waals surface area contributed by atoms with E-state index >= 15 is 0 Å². The van der Waals surface area contributed by atoms with E-state index < -0.39 is 0 Å². The predicted molar refractivity (Wildman–Crippen MR) is 46.0 cm³/mol. The third-order valence-corrected chi connectivity index (χ3v) is 2.17. The van der Waals surface area contributed by atoms with Crippen molar-refractivity contribution in [3.05, 3.63) is 22.1 Å². The van der Waals surface area contributed by atoms with Gasteiger partial charge in [-0.05, 0) is 44.0 Å². The number of aryl methyl sites for hydroxylation is 1. The molecule has 0 aliphatic carbocycles. The van der Waals surface area contributed by atoms with Gasteiger partial charge >= 0.3 is 0 Å². The molecule has 62 valence electrons. The normalized spacial score (nSPS) is 10.5. The van der Waals surface area contributed by atoms with Crippen LogP contribution in [0.5, 0.6) is 0 Å². The summed E-state index contributed by atoms with van der Waals surface area (Å²) in [6, 6.07) is 0. The van der Waals surface area contributed by atoms with Gasteiger partial charge in [0.1, 0.15) is 5.76 Å². The third kappa shape index (κ3) is 1.57. The van der Waals surface area contributed by atoms with Crippen molar-refractivity contribution < 1.29 is 4.42 Å². The zero-order valence-corrected chi connectivity index (χ0v) is 7.53. The molecule has 0 amide bonds. The van der Waals surface area contributed by atoms with Crippen LogP contribution in [0.15, 0.2) is 4.42 Å². The van der Waals surface area contributed by atoms with Crippen LogP contribution < -0.4 is 5.73 Å². The molecule has 0 bridgehead atoms. The van der Waals surface area contributed by atoms with Crippen LogP contribution >= 0.6 is 11.6 Å². The van der Waals surface area contributed by atoms with Crippen LogP contribution in [-0.4, -0.2) is 6.54 Å². The molecule has 0 aliphatic heterocycles. The fourth-order valence-corrected chi connectivity index (χ4v) is 1.39. The van der Waals surface area contributed by atoms with Crippen molar-refractivity contribution in [3.63, 3.8) is 0 Å². The number of halogens is 1. The zero-order chi connectivity index (χ0) is 8.43. The first-order chi connectivity index (χ1) is 5.16. The van der Waals surface area contributed by atoms with E-state index in [2.05, 4.69) is 0 Å². The summed E-state index contributed by atoms with van der Waals surface area (Å²) in [6.45, 7) is 4.49. The van der Waals surface area contributed by atoms with Gasteiger partial charge in [0.2, 0.25) is 0 Å². The first-order valence-corrected chi connectivity index (χ1v) is 3.99. The lowest BCUT2D eigenvalue weighted by Gasteiger charge is -1.95. The highest BCUT2D eigenvalue weighted by Crippen LogP contribution is 2.25. The highest BCUT2D eigenvalue weighted by atomic mass is 35.5. The Balaban J connectivity index is 3.02. The van der Waals surface area contributed by atoms with Crippen molar-refractivity contribution in [3.8, 4) is 0 Å². The lowest BCUT2D eigenvalue weighted by Crippen LogP contribution is -2.03.